The predicted molar refractivity (Wildman–Crippen MR) is 89.9 cm³/mol. The van der Waals surface area contributed by atoms with Crippen molar-refractivity contribution in [2.75, 3.05) is 50.9 Å². The summed E-state index contributed by atoms with van der Waals surface area (Å²) in [5.74, 6) is 0.991. The number of morpholine rings is 1. The molecule has 0 amide bonds. The van der Waals surface area contributed by atoms with Crippen molar-refractivity contribution in [3.05, 3.63) is 48.7 Å². The van der Waals surface area contributed by atoms with E-state index in [2.05, 4.69) is 20.9 Å². The zero-order valence-corrected chi connectivity index (χ0v) is 13.8. The number of furan rings is 1. The molecule has 0 aromatic carbocycles. The maximum atomic E-state index is 6.23. The van der Waals surface area contributed by atoms with E-state index in [9.17, 15) is 0 Å². The molecule has 2 saturated heterocycles. The zero-order chi connectivity index (χ0) is 16.2. The highest BCUT2D eigenvalue weighted by atomic mass is 16.5. The summed E-state index contributed by atoms with van der Waals surface area (Å²) >= 11 is 0. The number of nitrogens with zero attached hydrogens (tertiary/aromatic N) is 3. The Labute approximate surface area is 142 Å². The summed E-state index contributed by atoms with van der Waals surface area (Å²) in [7, 11) is 0. The van der Waals surface area contributed by atoms with Crippen molar-refractivity contribution in [3.63, 3.8) is 0 Å². The highest BCUT2D eigenvalue weighted by Gasteiger charge is 2.40. The zero-order valence-electron chi connectivity index (χ0n) is 13.8. The Morgan fingerprint density at radius 2 is 2.12 bits per heavy atom. The van der Waals surface area contributed by atoms with Gasteiger partial charge in [0.15, 0.2) is 0 Å². The number of hydrogen-bond donors (Lipinski definition) is 0. The van der Waals surface area contributed by atoms with Gasteiger partial charge in [-0.3, -0.25) is 9.88 Å². The second kappa shape index (κ2) is 6.93. The smallest absolute Gasteiger partial charge is 0.121 e. The van der Waals surface area contributed by atoms with Crippen LogP contribution in [0.25, 0.3) is 0 Å². The van der Waals surface area contributed by atoms with Crippen LogP contribution in [-0.4, -0.2) is 61.5 Å². The molecule has 2 aromatic heterocycles. The van der Waals surface area contributed by atoms with Crippen LogP contribution in [0, 0.1) is 0 Å². The molecule has 2 aliphatic rings. The maximum absolute atomic E-state index is 6.23. The topological polar surface area (TPSA) is 51.0 Å². The van der Waals surface area contributed by atoms with Crippen molar-refractivity contribution < 1.29 is 13.9 Å². The number of ether oxygens (including phenoxy) is 2. The molecule has 0 N–H and O–H groups in total. The van der Waals surface area contributed by atoms with Crippen LogP contribution in [0.4, 0.5) is 5.69 Å². The molecule has 6 heteroatoms. The van der Waals surface area contributed by atoms with Gasteiger partial charge in [0, 0.05) is 25.8 Å². The SMILES string of the molecule is c1cncc(N2CCOC[C@]3(CN(Cc4ccco4)CCO3)C2)c1. The van der Waals surface area contributed by atoms with E-state index in [-0.39, 0.29) is 5.60 Å². The van der Waals surface area contributed by atoms with E-state index >= 15 is 0 Å². The van der Waals surface area contributed by atoms with Gasteiger partial charge in [-0.25, -0.2) is 0 Å². The second-order valence-corrected chi connectivity index (χ2v) is 6.51. The Balaban J connectivity index is 1.49. The Hall–Kier alpha value is -1.89. The first-order chi connectivity index (χ1) is 11.8. The van der Waals surface area contributed by atoms with Gasteiger partial charge < -0.3 is 18.8 Å². The van der Waals surface area contributed by atoms with Gasteiger partial charge in [-0.05, 0) is 24.3 Å². The summed E-state index contributed by atoms with van der Waals surface area (Å²) in [6.07, 6.45) is 5.43. The summed E-state index contributed by atoms with van der Waals surface area (Å²) in [4.78, 5) is 8.95. The van der Waals surface area contributed by atoms with Gasteiger partial charge in [0.1, 0.15) is 11.4 Å². The van der Waals surface area contributed by atoms with Gasteiger partial charge in [0.2, 0.25) is 0 Å². The molecule has 24 heavy (non-hydrogen) atoms. The number of anilines is 1. The highest BCUT2D eigenvalue weighted by molar-refractivity contribution is 5.44. The lowest BCUT2D eigenvalue weighted by atomic mass is 10.0. The highest BCUT2D eigenvalue weighted by Crippen LogP contribution is 2.26. The quantitative estimate of drug-likeness (QED) is 0.856. The van der Waals surface area contributed by atoms with Gasteiger partial charge >= 0.3 is 0 Å². The Morgan fingerprint density at radius 1 is 1.12 bits per heavy atom. The predicted octanol–water partition coefficient (Wildman–Crippen LogP) is 1.78. The largest absolute Gasteiger partial charge is 0.468 e. The van der Waals surface area contributed by atoms with E-state index < -0.39 is 0 Å². The van der Waals surface area contributed by atoms with Crippen LogP contribution in [0.1, 0.15) is 5.76 Å². The van der Waals surface area contributed by atoms with E-state index in [1.165, 1.54) is 0 Å². The molecular weight excluding hydrogens is 306 g/mol. The molecular formula is C18H23N3O3. The number of hydrogen-bond acceptors (Lipinski definition) is 6. The molecule has 0 aliphatic carbocycles. The molecule has 0 saturated carbocycles. The molecule has 0 bridgehead atoms. The monoisotopic (exact) mass is 329 g/mol. The summed E-state index contributed by atoms with van der Waals surface area (Å²) in [5, 5.41) is 0. The third kappa shape index (κ3) is 3.45. The minimum Gasteiger partial charge on any atom is -0.468 e. The lowest BCUT2D eigenvalue weighted by molar-refractivity contribution is -0.134. The molecule has 6 nitrogen and oxygen atoms in total. The van der Waals surface area contributed by atoms with Crippen molar-refractivity contribution >= 4 is 5.69 Å². The van der Waals surface area contributed by atoms with Crippen LogP contribution in [0.5, 0.6) is 0 Å². The summed E-state index contributed by atoms with van der Waals surface area (Å²) < 4.78 is 17.6. The van der Waals surface area contributed by atoms with E-state index in [0.29, 0.717) is 19.8 Å². The van der Waals surface area contributed by atoms with E-state index in [0.717, 1.165) is 44.2 Å². The van der Waals surface area contributed by atoms with Crippen molar-refractivity contribution in [1.29, 1.82) is 0 Å². The molecule has 0 unspecified atom stereocenters. The lowest BCUT2D eigenvalue weighted by Crippen LogP contribution is -2.58. The molecule has 1 spiro atoms. The second-order valence-electron chi connectivity index (χ2n) is 6.51. The van der Waals surface area contributed by atoms with Gasteiger partial charge in [-0.15, -0.1) is 0 Å². The van der Waals surface area contributed by atoms with E-state index in [1.807, 2.05) is 24.4 Å². The normalized spacial score (nSPS) is 25.8. The van der Waals surface area contributed by atoms with Crippen LogP contribution in [0.2, 0.25) is 0 Å². The van der Waals surface area contributed by atoms with Gasteiger partial charge in [-0.1, -0.05) is 0 Å². The van der Waals surface area contributed by atoms with Crippen LogP contribution < -0.4 is 4.90 Å². The fourth-order valence-corrected chi connectivity index (χ4v) is 3.53. The van der Waals surface area contributed by atoms with Crippen LogP contribution in [0.3, 0.4) is 0 Å². The fraction of sp³-hybridized carbons (Fsp3) is 0.500. The number of rotatable bonds is 3. The average molecular weight is 329 g/mol. The van der Waals surface area contributed by atoms with Gasteiger partial charge in [-0.2, -0.15) is 0 Å². The fourth-order valence-electron chi connectivity index (χ4n) is 3.53. The summed E-state index contributed by atoms with van der Waals surface area (Å²) in [6, 6.07) is 8.02. The summed E-state index contributed by atoms with van der Waals surface area (Å²) in [5.41, 5.74) is 0.811. The lowest BCUT2D eigenvalue weighted by Gasteiger charge is -2.43. The van der Waals surface area contributed by atoms with Crippen LogP contribution >= 0.6 is 0 Å². The Kier molecular flexibility index (Phi) is 4.51. The molecule has 0 radical (unpaired) electrons. The molecule has 4 heterocycles. The van der Waals surface area contributed by atoms with Crippen molar-refractivity contribution in [3.8, 4) is 0 Å². The summed E-state index contributed by atoms with van der Waals surface area (Å²) in [6.45, 7) is 6.27. The molecule has 1 atom stereocenters. The third-order valence-corrected chi connectivity index (χ3v) is 4.65. The van der Waals surface area contributed by atoms with Crippen molar-refractivity contribution in [2.45, 2.75) is 12.1 Å². The molecule has 2 aromatic rings. The minimum atomic E-state index is -0.308. The first kappa shape index (κ1) is 15.6. The minimum absolute atomic E-state index is 0.308. The van der Waals surface area contributed by atoms with E-state index in [4.69, 9.17) is 13.9 Å². The molecule has 128 valence electrons. The van der Waals surface area contributed by atoms with Crippen LogP contribution in [-0.2, 0) is 16.0 Å². The van der Waals surface area contributed by atoms with Crippen molar-refractivity contribution in [1.82, 2.24) is 9.88 Å². The molecule has 2 fully saturated rings. The number of pyridine rings is 1. The van der Waals surface area contributed by atoms with Crippen molar-refractivity contribution in [2.24, 2.45) is 0 Å². The Bertz CT molecular complexity index is 634. The first-order valence-corrected chi connectivity index (χ1v) is 8.44. The molecule has 2 aliphatic heterocycles. The average Bonchev–Trinajstić information content (AvgIpc) is 3.03. The first-order valence-electron chi connectivity index (χ1n) is 8.44. The third-order valence-electron chi connectivity index (χ3n) is 4.65. The Morgan fingerprint density at radius 3 is 2.96 bits per heavy atom. The number of aromatic nitrogens is 1. The maximum Gasteiger partial charge on any atom is 0.121 e. The molecule has 4 rings (SSSR count). The van der Waals surface area contributed by atoms with Crippen LogP contribution in [0.15, 0.2) is 47.3 Å². The van der Waals surface area contributed by atoms with Gasteiger partial charge in [0.05, 0.1) is 51.1 Å². The standard InChI is InChI=1S/C18H23N3O3/c1-3-16(11-19-5-1)21-7-9-22-15-18(14-21)13-20(6-10-24-18)12-17-4-2-8-23-17/h1-5,8,11H,6-7,9-10,12-15H2/t18-/m0/s1. The van der Waals surface area contributed by atoms with E-state index in [1.54, 1.807) is 12.5 Å². The van der Waals surface area contributed by atoms with Gasteiger partial charge in [0.25, 0.3) is 0 Å².